The van der Waals surface area contributed by atoms with Crippen LogP contribution in [0, 0.1) is 19.3 Å². The van der Waals surface area contributed by atoms with E-state index in [0.717, 1.165) is 42.5 Å². The standard InChI is InChI=1S/C17H28N4O/c1-5-6-7-8-12-21(16(18)19)17(22)20(4)15-13(2)10-9-11-14(15)3/h9-11H,5-8,12H2,1-4H3,(H3,18,19). The SMILES string of the molecule is CCCCCCN(C(=N)N)C(=O)N(C)c1c(C)cccc1C. The highest BCUT2D eigenvalue weighted by molar-refractivity contribution is 6.02. The van der Waals surface area contributed by atoms with E-state index in [4.69, 9.17) is 11.1 Å². The highest BCUT2D eigenvalue weighted by atomic mass is 16.2. The number of urea groups is 1. The number of aryl methyl sites for hydroxylation is 2. The van der Waals surface area contributed by atoms with Gasteiger partial charge >= 0.3 is 6.03 Å². The quantitative estimate of drug-likeness (QED) is 0.478. The summed E-state index contributed by atoms with van der Waals surface area (Å²) in [5.74, 6) is -0.195. The Kier molecular flexibility index (Phi) is 6.89. The Morgan fingerprint density at radius 3 is 2.27 bits per heavy atom. The molecule has 0 saturated heterocycles. The average molecular weight is 304 g/mol. The van der Waals surface area contributed by atoms with Gasteiger partial charge in [0.1, 0.15) is 0 Å². The lowest BCUT2D eigenvalue weighted by Gasteiger charge is -2.28. The smallest absolute Gasteiger partial charge is 0.331 e. The maximum absolute atomic E-state index is 12.7. The minimum absolute atomic E-state index is 0.195. The third-order valence-corrected chi connectivity index (χ3v) is 3.82. The molecule has 0 unspecified atom stereocenters. The van der Waals surface area contributed by atoms with Crippen LogP contribution in [0.15, 0.2) is 18.2 Å². The van der Waals surface area contributed by atoms with Crippen molar-refractivity contribution in [2.75, 3.05) is 18.5 Å². The van der Waals surface area contributed by atoms with E-state index in [2.05, 4.69) is 6.92 Å². The van der Waals surface area contributed by atoms with E-state index < -0.39 is 0 Å². The van der Waals surface area contributed by atoms with Gasteiger partial charge in [0.25, 0.3) is 0 Å². The van der Waals surface area contributed by atoms with Gasteiger partial charge in [0.05, 0.1) is 5.69 Å². The van der Waals surface area contributed by atoms with Crippen LogP contribution in [0.4, 0.5) is 10.5 Å². The van der Waals surface area contributed by atoms with E-state index in [9.17, 15) is 4.79 Å². The Hall–Kier alpha value is -2.04. The molecule has 5 nitrogen and oxygen atoms in total. The van der Waals surface area contributed by atoms with Crippen LogP contribution < -0.4 is 10.6 Å². The second-order valence-electron chi connectivity index (χ2n) is 5.68. The molecule has 0 aromatic heterocycles. The van der Waals surface area contributed by atoms with E-state index in [0.29, 0.717) is 6.54 Å². The second kappa shape index (κ2) is 8.41. The second-order valence-corrected chi connectivity index (χ2v) is 5.68. The number of nitrogens with zero attached hydrogens (tertiary/aromatic N) is 2. The first-order valence-electron chi connectivity index (χ1n) is 7.85. The predicted molar refractivity (Wildman–Crippen MR) is 92.5 cm³/mol. The van der Waals surface area contributed by atoms with Gasteiger partial charge in [0.2, 0.25) is 0 Å². The van der Waals surface area contributed by atoms with E-state index in [-0.39, 0.29) is 12.0 Å². The van der Waals surface area contributed by atoms with E-state index in [1.54, 1.807) is 11.9 Å². The molecule has 3 N–H and O–H groups in total. The first-order chi connectivity index (χ1) is 10.4. The molecule has 1 rings (SSSR count). The lowest BCUT2D eigenvalue weighted by atomic mass is 10.1. The summed E-state index contributed by atoms with van der Waals surface area (Å²) in [6, 6.07) is 5.68. The Labute approximate surface area is 133 Å². The van der Waals surface area contributed by atoms with Gasteiger partial charge in [0, 0.05) is 13.6 Å². The van der Waals surface area contributed by atoms with Crippen LogP contribution in [0.5, 0.6) is 0 Å². The summed E-state index contributed by atoms with van der Waals surface area (Å²) in [4.78, 5) is 15.6. The molecule has 0 aliphatic rings. The summed E-state index contributed by atoms with van der Waals surface area (Å²) in [7, 11) is 1.74. The number of rotatable bonds is 6. The van der Waals surface area contributed by atoms with Gasteiger partial charge in [-0.1, -0.05) is 44.4 Å². The van der Waals surface area contributed by atoms with Crippen molar-refractivity contribution >= 4 is 17.7 Å². The van der Waals surface area contributed by atoms with Gasteiger partial charge in [-0.2, -0.15) is 0 Å². The molecular weight excluding hydrogens is 276 g/mol. The van der Waals surface area contributed by atoms with Crippen LogP contribution in [-0.4, -0.2) is 30.5 Å². The number of hydrogen-bond donors (Lipinski definition) is 2. The van der Waals surface area contributed by atoms with Crippen molar-refractivity contribution in [3.05, 3.63) is 29.3 Å². The van der Waals surface area contributed by atoms with E-state index in [1.165, 1.54) is 4.90 Å². The van der Waals surface area contributed by atoms with Crippen molar-refractivity contribution in [3.63, 3.8) is 0 Å². The zero-order chi connectivity index (χ0) is 16.7. The fraction of sp³-hybridized carbons (Fsp3) is 0.529. The van der Waals surface area contributed by atoms with E-state index >= 15 is 0 Å². The van der Waals surface area contributed by atoms with Crippen LogP contribution in [0.3, 0.4) is 0 Å². The minimum atomic E-state index is -0.249. The third-order valence-electron chi connectivity index (χ3n) is 3.82. The fourth-order valence-corrected chi connectivity index (χ4v) is 2.63. The van der Waals surface area contributed by atoms with Crippen LogP contribution in [0.25, 0.3) is 0 Å². The van der Waals surface area contributed by atoms with Gasteiger partial charge < -0.3 is 5.73 Å². The molecule has 1 aromatic carbocycles. The number of unbranched alkanes of at least 4 members (excludes halogenated alkanes) is 3. The number of anilines is 1. The zero-order valence-corrected chi connectivity index (χ0v) is 14.1. The lowest BCUT2D eigenvalue weighted by molar-refractivity contribution is 0.227. The molecule has 0 radical (unpaired) electrons. The first kappa shape index (κ1) is 18.0. The maximum Gasteiger partial charge on any atom is 0.331 e. The predicted octanol–water partition coefficient (Wildman–Crippen LogP) is 3.64. The molecule has 0 bridgehead atoms. The average Bonchev–Trinajstić information content (AvgIpc) is 2.46. The van der Waals surface area contributed by atoms with Crippen molar-refractivity contribution in [2.45, 2.75) is 46.5 Å². The Morgan fingerprint density at radius 1 is 1.18 bits per heavy atom. The van der Waals surface area contributed by atoms with Crippen molar-refractivity contribution in [3.8, 4) is 0 Å². The lowest BCUT2D eigenvalue weighted by Crippen LogP contribution is -2.48. The highest BCUT2D eigenvalue weighted by Gasteiger charge is 2.23. The Balaban J connectivity index is 2.87. The Morgan fingerprint density at radius 2 is 1.77 bits per heavy atom. The number of hydrogen-bond acceptors (Lipinski definition) is 2. The summed E-state index contributed by atoms with van der Waals surface area (Å²) in [6.45, 7) is 6.59. The molecule has 2 amide bonds. The number of nitrogens with one attached hydrogen (secondary N) is 1. The van der Waals surface area contributed by atoms with Gasteiger partial charge in [-0.25, -0.2) is 4.79 Å². The first-order valence-corrected chi connectivity index (χ1v) is 7.85. The summed E-state index contributed by atoms with van der Waals surface area (Å²) < 4.78 is 0. The maximum atomic E-state index is 12.7. The number of amides is 2. The molecule has 0 saturated carbocycles. The summed E-state index contributed by atoms with van der Waals surface area (Å²) >= 11 is 0. The molecule has 22 heavy (non-hydrogen) atoms. The molecule has 0 fully saturated rings. The molecule has 0 heterocycles. The fourth-order valence-electron chi connectivity index (χ4n) is 2.63. The van der Waals surface area contributed by atoms with Crippen LogP contribution in [-0.2, 0) is 0 Å². The van der Waals surface area contributed by atoms with Crippen molar-refractivity contribution in [2.24, 2.45) is 5.73 Å². The van der Waals surface area contributed by atoms with Gasteiger partial charge in [-0.15, -0.1) is 0 Å². The number of para-hydroxylation sites is 1. The molecule has 5 heteroatoms. The van der Waals surface area contributed by atoms with Crippen molar-refractivity contribution < 1.29 is 4.79 Å². The number of carbonyl (C=O) groups is 1. The van der Waals surface area contributed by atoms with Gasteiger partial charge in [0.15, 0.2) is 5.96 Å². The van der Waals surface area contributed by atoms with Gasteiger partial charge in [-0.3, -0.25) is 15.2 Å². The summed E-state index contributed by atoms with van der Waals surface area (Å²) in [5.41, 5.74) is 8.55. The van der Waals surface area contributed by atoms with Crippen molar-refractivity contribution in [1.82, 2.24) is 4.90 Å². The number of guanidine groups is 1. The molecule has 0 spiro atoms. The largest absolute Gasteiger partial charge is 0.370 e. The molecule has 1 aromatic rings. The zero-order valence-electron chi connectivity index (χ0n) is 14.1. The highest BCUT2D eigenvalue weighted by Crippen LogP contribution is 2.24. The number of nitrogens with two attached hydrogens (primary N) is 1. The van der Waals surface area contributed by atoms with Gasteiger partial charge in [-0.05, 0) is 31.4 Å². The minimum Gasteiger partial charge on any atom is -0.370 e. The van der Waals surface area contributed by atoms with Crippen molar-refractivity contribution in [1.29, 1.82) is 5.41 Å². The van der Waals surface area contributed by atoms with Crippen LogP contribution >= 0.6 is 0 Å². The number of benzene rings is 1. The monoisotopic (exact) mass is 304 g/mol. The third kappa shape index (κ3) is 4.48. The van der Waals surface area contributed by atoms with Crippen LogP contribution in [0.1, 0.15) is 43.7 Å². The molecule has 0 aliphatic carbocycles. The topological polar surface area (TPSA) is 73.4 Å². The Bertz CT molecular complexity index is 507. The molecule has 0 aliphatic heterocycles. The molecule has 122 valence electrons. The molecular formula is C17H28N4O. The number of carbonyl (C=O) groups excluding carboxylic acids is 1. The normalized spacial score (nSPS) is 10.4. The summed E-state index contributed by atoms with van der Waals surface area (Å²) in [5, 5.41) is 7.68. The van der Waals surface area contributed by atoms with E-state index in [1.807, 2.05) is 32.0 Å². The van der Waals surface area contributed by atoms with Crippen LogP contribution in [0.2, 0.25) is 0 Å². The molecule has 0 atom stereocenters. The summed E-state index contributed by atoms with van der Waals surface area (Å²) in [6.07, 6.45) is 4.17.